The number of nitrogens with one attached hydrogen (secondary N) is 2. The number of imidazole rings is 1. The number of aromatic nitrogens is 4. The fourth-order valence-electron chi connectivity index (χ4n) is 4.66. The molecule has 3 heterocycles. The summed E-state index contributed by atoms with van der Waals surface area (Å²) < 4.78 is 54.4. The average molecular weight is 509 g/mol. The van der Waals surface area contributed by atoms with Crippen LogP contribution in [0.2, 0.25) is 0 Å². The minimum atomic E-state index is -3.12. The van der Waals surface area contributed by atoms with Crippen molar-refractivity contribution in [2.24, 2.45) is 0 Å². The van der Waals surface area contributed by atoms with Gasteiger partial charge >= 0.3 is 0 Å². The van der Waals surface area contributed by atoms with E-state index < -0.39 is 21.5 Å². The minimum absolute atomic E-state index is 0. The lowest BCUT2D eigenvalue weighted by atomic mass is 9.93. The van der Waals surface area contributed by atoms with Crippen LogP contribution in [0.25, 0.3) is 11.2 Å². The molecule has 1 aliphatic carbocycles. The molecule has 0 bridgehead atoms. The van der Waals surface area contributed by atoms with Crippen LogP contribution in [-0.4, -0.2) is 56.7 Å². The number of benzene rings is 1. The molecule has 0 amide bonds. The maximum atomic E-state index is 14.3. The molecule has 9 nitrogen and oxygen atoms in total. The van der Waals surface area contributed by atoms with Crippen molar-refractivity contribution in [3.63, 3.8) is 0 Å². The summed E-state index contributed by atoms with van der Waals surface area (Å²) in [5.41, 5.74) is 0.545. The van der Waals surface area contributed by atoms with E-state index in [9.17, 15) is 22.3 Å². The number of para-hydroxylation sites is 1. The largest absolute Gasteiger partial charge is 0.393 e. The van der Waals surface area contributed by atoms with E-state index in [0.717, 1.165) is 25.0 Å². The Hall–Kier alpha value is -2.86. The summed E-state index contributed by atoms with van der Waals surface area (Å²) in [5, 5.41) is 15.8. The Morgan fingerprint density at radius 2 is 1.66 bits per heavy atom. The normalized spacial score (nSPS) is 22.5. The topological polar surface area (TPSA) is 122 Å². The molecule has 2 fully saturated rings. The van der Waals surface area contributed by atoms with Crippen molar-refractivity contribution in [1.29, 1.82) is 0 Å². The van der Waals surface area contributed by atoms with Crippen LogP contribution >= 0.6 is 0 Å². The van der Waals surface area contributed by atoms with Gasteiger partial charge in [0.2, 0.25) is 11.9 Å². The van der Waals surface area contributed by atoms with Gasteiger partial charge in [-0.15, -0.1) is 0 Å². The molecular formula is C23H30F2N6O3S. The average Bonchev–Trinajstić information content (AvgIpc) is 3.15. The number of sulfone groups is 1. The van der Waals surface area contributed by atoms with Crippen LogP contribution in [-0.2, 0) is 9.84 Å². The molecule has 1 saturated carbocycles. The Bertz CT molecular complexity index is 1270. The predicted octanol–water partition coefficient (Wildman–Crippen LogP) is 3.95. The van der Waals surface area contributed by atoms with Crippen molar-refractivity contribution < 1.29 is 22.3 Å². The zero-order valence-corrected chi connectivity index (χ0v) is 19.2. The van der Waals surface area contributed by atoms with Crippen LogP contribution in [0, 0.1) is 11.6 Å². The molecule has 3 aromatic rings. The number of fused-ring (bicyclic) bond motifs is 1. The first-order valence-corrected chi connectivity index (χ1v) is 13.2. The van der Waals surface area contributed by atoms with Gasteiger partial charge < -0.3 is 15.7 Å². The summed E-state index contributed by atoms with van der Waals surface area (Å²) in [4.78, 5) is 13.5. The minimum Gasteiger partial charge on any atom is -0.393 e. The quantitative estimate of drug-likeness (QED) is 0.474. The Morgan fingerprint density at radius 3 is 2.31 bits per heavy atom. The SMILES string of the molecule is C.O=S1(=O)CCC(n2c(Nc3c(F)cccc3F)nc3cnc(NC4CCC(O)CC4)nc32)CC1. The van der Waals surface area contributed by atoms with Crippen LogP contribution in [0.5, 0.6) is 0 Å². The number of halogens is 2. The molecule has 1 aliphatic heterocycles. The first-order chi connectivity index (χ1) is 16.3. The third-order valence-corrected chi connectivity index (χ3v) is 8.27. The van der Waals surface area contributed by atoms with Gasteiger partial charge in [-0.05, 0) is 50.7 Å². The molecule has 12 heteroatoms. The van der Waals surface area contributed by atoms with Gasteiger partial charge in [0.25, 0.3) is 0 Å². The maximum absolute atomic E-state index is 14.3. The van der Waals surface area contributed by atoms with E-state index in [0.29, 0.717) is 42.8 Å². The van der Waals surface area contributed by atoms with Crippen molar-refractivity contribution in [2.75, 3.05) is 22.1 Å². The van der Waals surface area contributed by atoms with Crippen LogP contribution in [0.1, 0.15) is 52.0 Å². The monoisotopic (exact) mass is 508 g/mol. The smallest absolute Gasteiger partial charge is 0.224 e. The molecule has 2 aliphatic rings. The molecule has 1 saturated heterocycles. The summed E-state index contributed by atoms with van der Waals surface area (Å²) in [6, 6.07) is 3.43. The number of anilines is 3. The Balaban J connectivity index is 0.00000289. The standard InChI is InChI=1S/C22H26F2N6O3S.CH4/c23-16-2-1-3-17(24)19(16)28-22-27-18-12-25-21(26-13-4-6-15(31)7-5-13)29-20(18)30(22)14-8-10-34(32,33)11-9-14;/h1-3,12-15,31H,4-11H2,(H,27,28)(H,25,26,29);1H4. The van der Waals surface area contributed by atoms with Gasteiger partial charge in [0.05, 0.1) is 23.8 Å². The molecular weight excluding hydrogens is 478 g/mol. The van der Waals surface area contributed by atoms with Gasteiger partial charge in [-0.2, -0.15) is 4.98 Å². The third-order valence-electron chi connectivity index (χ3n) is 6.55. The first kappa shape index (κ1) is 25.2. The molecule has 0 spiro atoms. The molecule has 0 radical (unpaired) electrons. The van der Waals surface area contributed by atoms with E-state index in [1.165, 1.54) is 6.07 Å². The number of hydrogen-bond donors (Lipinski definition) is 3. The van der Waals surface area contributed by atoms with Crippen LogP contribution in [0.15, 0.2) is 24.4 Å². The second kappa shape index (κ2) is 10.0. The maximum Gasteiger partial charge on any atom is 0.224 e. The lowest BCUT2D eigenvalue weighted by Crippen LogP contribution is -2.29. The third kappa shape index (κ3) is 5.37. The summed E-state index contributed by atoms with van der Waals surface area (Å²) in [6.07, 6.45) is 4.95. The van der Waals surface area contributed by atoms with Crippen LogP contribution in [0.4, 0.5) is 26.4 Å². The van der Waals surface area contributed by atoms with E-state index in [1.54, 1.807) is 10.8 Å². The fraction of sp³-hybridized carbons (Fsp3) is 0.522. The Morgan fingerprint density at radius 1 is 1.00 bits per heavy atom. The number of aliphatic hydroxyl groups is 1. The summed E-state index contributed by atoms with van der Waals surface area (Å²) in [5.74, 6) is -0.926. The zero-order valence-electron chi connectivity index (χ0n) is 18.4. The molecule has 2 aromatic heterocycles. The highest BCUT2D eigenvalue weighted by Crippen LogP contribution is 2.34. The fourth-order valence-corrected chi connectivity index (χ4v) is 6.13. The number of aliphatic hydroxyl groups excluding tert-OH is 1. The highest BCUT2D eigenvalue weighted by molar-refractivity contribution is 7.91. The Labute approximate surface area is 202 Å². The second-order valence-corrected chi connectivity index (χ2v) is 11.3. The number of nitrogens with zero attached hydrogens (tertiary/aromatic N) is 4. The van der Waals surface area contributed by atoms with E-state index in [2.05, 4.69) is 25.6 Å². The van der Waals surface area contributed by atoms with Gasteiger partial charge in [-0.25, -0.2) is 27.2 Å². The van der Waals surface area contributed by atoms with Crippen molar-refractivity contribution in [2.45, 2.75) is 64.1 Å². The van der Waals surface area contributed by atoms with Crippen molar-refractivity contribution in [1.82, 2.24) is 19.5 Å². The summed E-state index contributed by atoms with van der Waals surface area (Å²) in [7, 11) is -3.12. The van der Waals surface area contributed by atoms with Gasteiger partial charge in [0, 0.05) is 12.1 Å². The van der Waals surface area contributed by atoms with Crippen LogP contribution in [0.3, 0.4) is 0 Å². The molecule has 35 heavy (non-hydrogen) atoms. The van der Waals surface area contributed by atoms with E-state index in [4.69, 9.17) is 0 Å². The molecule has 1 aromatic carbocycles. The Kier molecular flexibility index (Phi) is 7.22. The van der Waals surface area contributed by atoms with Gasteiger partial charge in [-0.1, -0.05) is 13.5 Å². The number of hydrogen-bond acceptors (Lipinski definition) is 8. The van der Waals surface area contributed by atoms with Crippen molar-refractivity contribution in [3.8, 4) is 0 Å². The first-order valence-electron chi connectivity index (χ1n) is 11.4. The van der Waals surface area contributed by atoms with Gasteiger partial charge in [0.1, 0.15) is 32.7 Å². The molecule has 5 rings (SSSR count). The molecule has 0 unspecified atom stereocenters. The lowest BCUT2D eigenvalue weighted by Gasteiger charge is -2.26. The number of rotatable bonds is 5. The summed E-state index contributed by atoms with van der Waals surface area (Å²) in [6.45, 7) is 0. The molecule has 3 N–H and O–H groups in total. The van der Waals surface area contributed by atoms with E-state index >= 15 is 0 Å². The highest BCUT2D eigenvalue weighted by atomic mass is 32.2. The highest BCUT2D eigenvalue weighted by Gasteiger charge is 2.29. The molecule has 0 atom stereocenters. The second-order valence-electron chi connectivity index (χ2n) is 8.96. The van der Waals surface area contributed by atoms with Gasteiger partial charge in [-0.3, -0.25) is 4.57 Å². The lowest BCUT2D eigenvalue weighted by molar-refractivity contribution is 0.126. The van der Waals surface area contributed by atoms with Crippen molar-refractivity contribution >= 4 is 38.6 Å². The predicted molar refractivity (Wildman–Crippen MR) is 131 cm³/mol. The molecule has 190 valence electrons. The van der Waals surface area contributed by atoms with E-state index in [1.807, 2.05) is 0 Å². The van der Waals surface area contributed by atoms with Crippen molar-refractivity contribution in [3.05, 3.63) is 36.0 Å². The van der Waals surface area contributed by atoms with E-state index in [-0.39, 0.29) is 48.8 Å². The zero-order chi connectivity index (χ0) is 23.9. The summed E-state index contributed by atoms with van der Waals surface area (Å²) >= 11 is 0. The van der Waals surface area contributed by atoms with Crippen LogP contribution < -0.4 is 10.6 Å². The van der Waals surface area contributed by atoms with Gasteiger partial charge in [0.15, 0.2) is 5.65 Å².